The first-order chi connectivity index (χ1) is 9.45. The summed E-state index contributed by atoms with van der Waals surface area (Å²) in [4.78, 5) is 25.9. The second-order valence-corrected chi connectivity index (χ2v) is 5.41. The van der Waals surface area contributed by atoms with Crippen LogP contribution in [0.3, 0.4) is 0 Å². The molecule has 2 rings (SSSR count). The number of nitrogens with zero attached hydrogens (tertiary/aromatic N) is 2. The molecule has 1 saturated heterocycles. The average molecular weight is 281 g/mol. The molecule has 112 valence electrons. The molecule has 4 N–H and O–H groups in total. The Balaban J connectivity index is 2.38. The Morgan fingerprint density at radius 2 is 1.90 bits per heavy atom. The molecule has 0 aliphatic carbocycles. The van der Waals surface area contributed by atoms with Crippen LogP contribution in [0.1, 0.15) is 40.0 Å². The Kier molecular flexibility index (Phi) is 4.17. The standard InChI is InChI=1S/C13H23N5O2/c1-4-17-11(14)10(12(19)15-13(17)20)16-18-8(2)6-5-7-9(18)3/h8-9,16H,4-7,14H2,1-3H3,(H,15,19,20). The molecule has 1 aliphatic heterocycles. The molecular weight excluding hydrogens is 258 g/mol. The molecule has 2 atom stereocenters. The van der Waals surface area contributed by atoms with E-state index in [2.05, 4.69) is 29.3 Å². The van der Waals surface area contributed by atoms with E-state index in [1.54, 1.807) is 0 Å². The Bertz CT molecular complexity index is 581. The normalized spacial score (nSPS) is 23.8. The monoisotopic (exact) mass is 281 g/mol. The second kappa shape index (κ2) is 5.70. The number of H-pyrrole nitrogens is 1. The van der Waals surface area contributed by atoms with E-state index in [-0.39, 0.29) is 11.5 Å². The lowest BCUT2D eigenvalue weighted by Gasteiger charge is -2.39. The van der Waals surface area contributed by atoms with E-state index < -0.39 is 11.2 Å². The third-order valence-corrected chi connectivity index (χ3v) is 3.99. The first kappa shape index (κ1) is 14.6. The van der Waals surface area contributed by atoms with Crippen molar-refractivity contribution in [1.29, 1.82) is 0 Å². The van der Waals surface area contributed by atoms with Crippen LogP contribution >= 0.6 is 0 Å². The number of aromatic amines is 1. The van der Waals surface area contributed by atoms with Gasteiger partial charge in [-0.05, 0) is 33.6 Å². The summed E-state index contributed by atoms with van der Waals surface area (Å²) in [6.45, 7) is 6.46. The molecule has 0 amide bonds. The average Bonchev–Trinajstić information content (AvgIpc) is 2.37. The fourth-order valence-electron chi connectivity index (χ4n) is 2.78. The van der Waals surface area contributed by atoms with Gasteiger partial charge in [0.25, 0.3) is 5.56 Å². The van der Waals surface area contributed by atoms with Crippen molar-refractivity contribution in [3.63, 3.8) is 0 Å². The summed E-state index contributed by atoms with van der Waals surface area (Å²) < 4.78 is 1.35. The van der Waals surface area contributed by atoms with Crippen molar-refractivity contribution in [3.05, 3.63) is 20.8 Å². The van der Waals surface area contributed by atoms with Gasteiger partial charge in [-0.1, -0.05) is 6.42 Å². The Morgan fingerprint density at radius 1 is 1.30 bits per heavy atom. The Labute approximate surface area is 117 Å². The van der Waals surface area contributed by atoms with Gasteiger partial charge in [-0.25, -0.2) is 9.80 Å². The summed E-state index contributed by atoms with van der Waals surface area (Å²) in [6, 6.07) is 0.638. The highest BCUT2D eigenvalue weighted by Gasteiger charge is 2.26. The number of nitrogens with one attached hydrogen (secondary N) is 2. The topological polar surface area (TPSA) is 96.2 Å². The zero-order valence-electron chi connectivity index (χ0n) is 12.3. The van der Waals surface area contributed by atoms with Crippen molar-refractivity contribution in [2.75, 3.05) is 11.2 Å². The van der Waals surface area contributed by atoms with Gasteiger partial charge in [-0.2, -0.15) is 0 Å². The highest BCUT2D eigenvalue weighted by Crippen LogP contribution is 2.23. The van der Waals surface area contributed by atoms with Crippen LogP contribution in [0.5, 0.6) is 0 Å². The van der Waals surface area contributed by atoms with E-state index in [4.69, 9.17) is 5.73 Å². The largest absolute Gasteiger partial charge is 0.383 e. The van der Waals surface area contributed by atoms with Crippen molar-refractivity contribution in [3.8, 4) is 0 Å². The molecule has 20 heavy (non-hydrogen) atoms. The maximum atomic E-state index is 12.0. The van der Waals surface area contributed by atoms with E-state index in [1.165, 1.54) is 11.0 Å². The van der Waals surface area contributed by atoms with E-state index in [1.807, 2.05) is 6.92 Å². The summed E-state index contributed by atoms with van der Waals surface area (Å²) in [5.74, 6) is 0.186. The van der Waals surface area contributed by atoms with Crippen molar-refractivity contribution in [2.24, 2.45) is 0 Å². The van der Waals surface area contributed by atoms with Crippen molar-refractivity contribution >= 4 is 11.5 Å². The number of nitrogens with two attached hydrogens (primary N) is 1. The summed E-state index contributed by atoms with van der Waals surface area (Å²) >= 11 is 0. The molecule has 1 aromatic heterocycles. The molecule has 0 spiro atoms. The molecule has 0 aromatic carbocycles. The molecule has 2 heterocycles. The minimum atomic E-state index is -0.472. The number of hydrazine groups is 1. The lowest BCUT2D eigenvalue weighted by molar-refractivity contribution is 0.135. The van der Waals surface area contributed by atoms with Crippen LogP contribution in [0.25, 0.3) is 0 Å². The van der Waals surface area contributed by atoms with Gasteiger partial charge in [-0.3, -0.25) is 14.3 Å². The van der Waals surface area contributed by atoms with Crippen LogP contribution in [0.2, 0.25) is 0 Å². The molecule has 7 heteroatoms. The number of hydrogen-bond acceptors (Lipinski definition) is 5. The quantitative estimate of drug-likeness (QED) is 0.759. The smallest absolute Gasteiger partial charge is 0.330 e. The third-order valence-electron chi connectivity index (χ3n) is 3.99. The lowest BCUT2D eigenvalue weighted by Crippen LogP contribution is -2.49. The zero-order valence-corrected chi connectivity index (χ0v) is 12.3. The Hall–Kier alpha value is -1.76. The van der Waals surface area contributed by atoms with E-state index in [9.17, 15) is 9.59 Å². The van der Waals surface area contributed by atoms with Gasteiger partial charge in [0, 0.05) is 18.6 Å². The molecular formula is C13H23N5O2. The number of anilines is 2. The second-order valence-electron chi connectivity index (χ2n) is 5.41. The zero-order chi connectivity index (χ0) is 14.9. The fraction of sp³-hybridized carbons (Fsp3) is 0.692. The SMILES string of the molecule is CCn1c(N)c(NN2C(C)CCCC2C)c(=O)[nH]c1=O. The maximum Gasteiger partial charge on any atom is 0.330 e. The molecule has 7 nitrogen and oxygen atoms in total. The van der Waals surface area contributed by atoms with Gasteiger partial charge in [0.1, 0.15) is 5.82 Å². The van der Waals surface area contributed by atoms with Crippen LogP contribution in [-0.4, -0.2) is 26.6 Å². The number of nitrogen functional groups attached to an aromatic ring is 1. The van der Waals surface area contributed by atoms with E-state index in [0.29, 0.717) is 18.6 Å². The lowest BCUT2D eigenvalue weighted by atomic mass is 10.00. The first-order valence-corrected chi connectivity index (χ1v) is 7.13. The van der Waals surface area contributed by atoms with Crippen LogP contribution in [0.15, 0.2) is 9.59 Å². The van der Waals surface area contributed by atoms with Gasteiger partial charge in [0.15, 0.2) is 5.69 Å². The summed E-state index contributed by atoms with van der Waals surface area (Å²) in [6.07, 6.45) is 3.33. The summed E-state index contributed by atoms with van der Waals surface area (Å²) in [5, 5.41) is 2.05. The minimum Gasteiger partial charge on any atom is -0.383 e. The van der Waals surface area contributed by atoms with Crippen molar-refractivity contribution in [1.82, 2.24) is 14.6 Å². The predicted molar refractivity (Wildman–Crippen MR) is 79.6 cm³/mol. The van der Waals surface area contributed by atoms with Crippen LogP contribution < -0.4 is 22.4 Å². The predicted octanol–water partition coefficient (Wildman–Crippen LogP) is 0.729. The molecule has 0 saturated carbocycles. The number of piperidine rings is 1. The minimum absolute atomic E-state index is 0.186. The number of hydrogen-bond donors (Lipinski definition) is 3. The molecule has 1 fully saturated rings. The molecule has 0 radical (unpaired) electrons. The van der Waals surface area contributed by atoms with Crippen molar-refractivity contribution in [2.45, 2.75) is 58.7 Å². The van der Waals surface area contributed by atoms with E-state index >= 15 is 0 Å². The van der Waals surface area contributed by atoms with Crippen LogP contribution in [-0.2, 0) is 6.54 Å². The van der Waals surface area contributed by atoms with E-state index in [0.717, 1.165) is 12.8 Å². The van der Waals surface area contributed by atoms with Gasteiger partial charge < -0.3 is 11.2 Å². The first-order valence-electron chi connectivity index (χ1n) is 7.13. The molecule has 1 aliphatic rings. The molecule has 2 unspecified atom stereocenters. The highest BCUT2D eigenvalue weighted by molar-refractivity contribution is 5.59. The van der Waals surface area contributed by atoms with Crippen LogP contribution in [0.4, 0.5) is 11.5 Å². The highest BCUT2D eigenvalue weighted by atomic mass is 16.2. The van der Waals surface area contributed by atoms with Gasteiger partial charge >= 0.3 is 5.69 Å². The maximum absolute atomic E-state index is 12.0. The van der Waals surface area contributed by atoms with Gasteiger partial charge in [0.2, 0.25) is 0 Å². The molecule has 0 bridgehead atoms. The van der Waals surface area contributed by atoms with Gasteiger partial charge in [0.05, 0.1) is 0 Å². The molecule has 1 aromatic rings. The number of rotatable bonds is 3. The fourth-order valence-corrected chi connectivity index (χ4v) is 2.78. The Morgan fingerprint density at radius 3 is 2.45 bits per heavy atom. The van der Waals surface area contributed by atoms with Crippen LogP contribution in [0, 0.1) is 0 Å². The summed E-state index contributed by atoms with van der Waals surface area (Å²) in [7, 11) is 0. The number of aromatic nitrogens is 2. The third kappa shape index (κ3) is 2.58. The van der Waals surface area contributed by atoms with Gasteiger partial charge in [-0.15, -0.1) is 0 Å². The van der Waals surface area contributed by atoms with Crippen molar-refractivity contribution < 1.29 is 0 Å². The summed E-state index contributed by atoms with van der Waals surface area (Å²) in [5.41, 5.74) is 8.40.